The second-order valence-corrected chi connectivity index (χ2v) is 9.32. The first-order chi connectivity index (χ1) is 12.3. The molecule has 1 heterocycles. The number of carbonyl (C=O) groups is 1. The quantitative estimate of drug-likeness (QED) is 0.738. The van der Waals surface area contributed by atoms with Gasteiger partial charge in [-0.1, -0.05) is 17.7 Å². The molecule has 1 amide bonds. The van der Waals surface area contributed by atoms with E-state index in [2.05, 4.69) is 21.2 Å². The summed E-state index contributed by atoms with van der Waals surface area (Å²) in [5.74, 6) is -0.402. The summed E-state index contributed by atoms with van der Waals surface area (Å²) in [4.78, 5) is 12.8. The molecule has 1 fully saturated rings. The van der Waals surface area contributed by atoms with Crippen LogP contribution in [0, 0.1) is 6.92 Å². The lowest BCUT2D eigenvalue weighted by molar-refractivity contribution is 0.102. The summed E-state index contributed by atoms with van der Waals surface area (Å²) in [5.41, 5.74) is 1.59. The minimum atomic E-state index is -3.59. The second-order valence-electron chi connectivity index (χ2n) is 6.12. The van der Waals surface area contributed by atoms with Crippen LogP contribution in [0.1, 0.15) is 28.8 Å². The minimum Gasteiger partial charge on any atom is -0.322 e. The highest BCUT2D eigenvalue weighted by Crippen LogP contribution is 2.28. The lowest BCUT2D eigenvalue weighted by Gasteiger charge is -2.17. The SMILES string of the molecule is Cc1c(Cl)cccc1NC(=O)c1cc(S(=O)(=O)N2CCCC2)ccc1Br. The van der Waals surface area contributed by atoms with E-state index in [-0.39, 0.29) is 10.5 Å². The van der Waals surface area contributed by atoms with Crippen molar-refractivity contribution in [3.8, 4) is 0 Å². The number of anilines is 1. The fourth-order valence-corrected chi connectivity index (χ4v) is 4.99. The summed E-state index contributed by atoms with van der Waals surface area (Å²) in [6.07, 6.45) is 1.72. The van der Waals surface area contributed by atoms with Crippen molar-refractivity contribution in [2.75, 3.05) is 18.4 Å². The van der Waals surface area contributed by atoms with E-state index in [0.717, 1.165) is 18.4 Å². The topological polar surface area (TPSA) is 66.5 Å². The van der Waals surface area contributed by atoms with Crippen molar-refractivity contribution >= 4 is 49.1 Å². The van der Waals surface area contributed by atoms with Crippen molar-refractivity contribution in [3.05, 3.63) is 57.0 Å². The molecule has 2 aromatic rings. The van der Waals surface area contributed by atoms with Crippen LogP contribution in [0.4, 0.5) is 5.69 Å². The van der Waals surface area contributed by atoms with E-state index in [1.807, 2.05) is 0 Å². The molecule has 1 N–H and O–H groups in total. The summed E-state index contributed by atoms with van der Waals surface area (Å²) >= 11 is 9.42. The maximum Gasteiger partial charge on any atom is 0.256 e. The monoisotopic (exact) mass is 456 g/mol. The van der Waals surface area contributed by atoms with E-state index >= 15 is 0 Å². The molecule has 1 saturated heterocycles. The van der Waals surface area contributed by atoms with Gasteiger partial charge < -0.3 is 5.32 Å². The molecular formula is C18H18BrClN2O3S. The molecule has 2 aromatic carbocycles. The Labute approximate surface area is 166 Å². The van der Waals surface area contributed by atoms with Crippen LogP contribution in [-0.4, -0.2) is 31.7 Å². The Kier molecular flexibility index (Phi) is 5.72. The third kappa shape index (κ3) is 3.81. The molecule has 0 radical (unpaired) electrons. The summed E-state index contributed by atoms with van der Waals surface area (Å²) in [6, 6.07) is 9.74. The van der Waals surface area contributed by atoms with Crippen LogP contribution < -0.4 is 5.32 Å². The molecule has 3 rings (SSSR count). The highest BCUT2D eigenvalue weighted by Gasteiger charge is 2.28. The van der Waals surface area contributed by atoms with Crippen molar-refractivity contribution in [3.63, 3.8) is 0 Å². The number of rotatable bonds is 4. The van der Waals surface area contributed by atoms with Crippen LogP contribution in [-0.2, 0) is 10.0 Å². The smallest absolute Gasteiger partial charge is 0.256 e. The highest BCUT2D eigenvalue weighted by molar-refractivity contribution is 9.10. The Morgan fingerprint density at radius 1 is 1.19 bits per heavy atom. The maximum atomic E-state index is 12.7. The van der Waals surface area contributed by atoms with Gasteiger partial charge in [0.25, 0.3) is 5.91 Å². The number of nitrogens with zero attached hydrogens (tertiary/aromatic N) is 1. The Morgan fingerprint density at radius 2 is 1.88 bits per heavy atom. The largest absolute Gasteiger partial charge is 0.322 e. The van der Waals surface area contributed by atoms with Gasteiger partial charge in [0.1, 0.15) is 0 Å². The molecule has 138 valence electrons. The van der Waals surface area contributed by atoms with Gasteiger partial charge in [-0.15, -0.1) is 0 Å². The molecule has 8 heteroatoms. The number of benzene rings is 2. The Bertz CT molecular complexity index is 957. The van der Waals surface area contributed by atoms with Gasteiger partial charge in [0, 0.05) is 28.3 Å². The fourth-order valence-electron chi connectivity index (χ4n) is 2.85. The zero-order valence-corrected chi connectivity index (χ0v) is 17.3. The molecule has 0 spiro atoms. The molecule has 0 bridgehead atoms. The second kappa shape index (κ2) is 7.68. The number of halogens is 2. The number of sulfonamides is 1. The molecular weight excluding hydrogens is 440 g/mol. The third-order valence-corrected chi connectivity index (χ3v) is 7.40. The normalized spacial score (nSPS) is 15.2. The van der Waals surface area contributed by atoms with Gasteiger partial charge in [0.2, 0.25) is 10.0 Å². The Hall–Kier alpha value is -1.41. The first-order valence-electron chi connectivity index (χ1n) is 8.17. The molecule has 0 atom stereocenters. The van der Waals surface area contributed by atoms with Gasteiger partial charge in [-0.3, -0.25) is 4.79 Å². The fraction of sp³-hybridized carbons (Fsp3) is 0.278. The molecule has 5 nitrogen and oxygen atoms in total. The summed E-state index contributed by atoms with van der Waals surface area (Å²) in [5, 5.41) is 3.34. The number of hydrogen-bond acceptors (Lipinski definition) is 3. The zero-order chi connectivity index (χ0) is 18.9. The molecule has 1 aliphatic rings. The summed E-state index contributed by atoms with van der Waals surface area (Å²) in [7, 11) is -3.59. The number of carbonyl (C=O) groups excluding carboxylic acids is 1. The summed E-state index contributed by atoms with van der Waals surface area (Å²) in [6.45, 7) is 2.84. The molecule has 0 aliphatic carbocycles. The van der Waals surface area contributed by atoms with Gasteiger partial charge in [0.05, 0.1) is 10.5 Å². The molecule has 0 saturated carbocycles. The summed E-state index contributed by atoms with van der Waals surface area (Å²) < 4.78 is 27.5. The van der Waals surface area contributed by atoms with Crippen LogP contribution in [0.3, 0.4) is 0 Å². The maximum absolute atomic E-state index is 12.7. The van der Waals surface area contributed by atoms with Gasteiger partial charge in [0.15, 0.2) is 0 Å². The number of nitrogens with one attached hydrogen (secondary N) is 1. The lowest BCUT2D eigenvalue weighted by atomic mass is 10.1. The average molecular weight is 458 g/mol. The molecule has 26 heavy (non-hydrogen) atoms. The van der Waals surface area contributed by atoms with Crippen molar-refractivity contribution in [1.29, 1.82) is 0 Å². The van der Waals surface area contributed by atoms with Gasteiger partial charge in [-0.2, -0.15) is 4.31 Å². The van der Waals surface area contributed by atoms with Crippen LogP contribution in [0.25, 0.3) is 0 Å². The van der Waals surface area contributed by atoms with Crippen LogP contribution in [0.15, 0.2) is 45.8 Å². The Balaban J connectivity index is 1.92. The molecule has 0 unspecified atom stereocenters. The first kappa shape index (κ1) is 19.4. The first-order valence-corrected chi connectivity index (χ1v) is 10.8. The van der Waals surface area contributed by atoms with E-state index in [1.54, 1.807) is 31.2 Å². The van der Waals surface area contributed by atoms with Gasteiger partial charge in [-0.05, 0) is 71.6 Å². The predicted molar refractivity (Wildman–Crippen MR) is 106 cm³/mol. The highest BCUT2D eigenvalue weighted by atomic mass is 79.9. The minimum absolute atomic E-state index is 0.121. The average Bonchev–Trinajstić information content (AvgIpc) is 3.14. The van der Waals surface area contributed by atoms with E-state index < -0.39 is 15.9 Å². The van der Waals surface area contributed by atoms with E-state index in [9.17, 15) is 13.2 Å². The van der Waals surface area contributed by atoms with E-state index in [4.69, 9.17) is 11.6 Å². The molecule has 1 aliphatic heterocycles. The standard InChI is InChI=1S/C18H18BrClN2O3S/c1-12-16(20)5-4-6-17(12)21-18(23)14-11-13(7-8-15(14)19)26(24,25)22-9-2-3-10-22/h4-8,11H,2-3,9-10H2,1H3,(H,21,23). The third-order valence-electron chi connectivity index (χ3n) is 4.40. The van der Waals surface area contributed by atoms with Crippen molar-refractivity contribution < 1.29 is 13.2 Å². The molecule has 0 aromatic heterocycles. The Morgan fingerprint density at radius 3 is 2.58 bits per heavy atom. The van der Waals surface area contributed by atoms with Gasteiger partial charge in [-0.25, -0.2) is 8.42 Å². The lowest BCUT2D eigenvalue weighted by Crippen LogP contribution is -2.28. The van der Waals surface area contributed by atoms with Crippen LogP contribution in [0.5, 0.6) is 0 Å². The van der Waals surface area contributed by atoms with Crippen LogP contribution in [0.2, 0.25) is 5.02 Å². The number of hydrogen-bond donors (Lipinski definition) is 1. The van der Waals surface area contributed by atoms with Crippen molar-refractivity contribution in [2.24, 2.45) is 0 Å². The number of amides is 1. The van der Waals surface area contributed by atoms with Crippen molar-refractivity contribution in [1.82, 2.24) is 4.31 Å². The predicted octanol–water partition coefficient (Wildman–Crippen LogP) is 4.45. The zero-order valence-electron chi connectivity index (χ0n) is 14.1. The van der Waals surface area contributed by atoms with Crippen molar-refractivity contribution in [2.45, 2.75) is 24.7 Å². The van der Waals surface area contributed by atoms with E-state index in [1.165, 1.54) is 16.4 Å². The van der Waals surface area contributed by atoms with Gasteiger partial charge >= 0.3 is 0 Å². The van der Waals surface area contributed by atoms with Crippen LogP contribution >= 0.6 is 27.5 Å². The van der Waals surface area contributed by atoms with E-state index in [0.29, 0.717) is 28.3 Å².